The van der Waals surface area contributed by atoms with Gasteiger partial charge in [-0.3, -0.25) is 5.10 Å². The Morgan fingerprint density at radius 1 is 1.35 bits per heavy atom. The van der Waals surface area contributed by atoms with E-state index >= 15 is 0 Å². The molecule has 17 heavy (non-hydrogen) atoms. The van der Waals surface area contributed by atoms with Crippen LogP contribution in [0, 0.1) is 0 Å². The normalized spacial score (nSPS) is 10.8. The Labute approximate surface area is 110 Å². The minimum absolute atomic E-state index is 0.538. The smallest absolute Gasteiger partial charge is 0.0939 e. The molecule has 2 rings (SSSR count). The number of aromatic nitrogens is 2. The summed E-state index contributed by atoms with van der Waals surface area (Å²) >= 11 is 12.1. The van der Waals surface area contributed by atoms with E-state index in [2.05, 4.69) is 22.4 Å². The van der Waals surface area contributed by atoms with Crippen LogP contribution < -0.4 is 5.32 Å². The number of nitrogens with zero attached hydrogens (tertiary/aromatic N) is 1. The summed E-state index contributed by atoms with van der Waals surface area (Å²) in [5, 5.41) is 11.5. The van der Waals surface area contributed by atoms with Crippen molar-refractivity contribution >= 4 is 23.2 Å². The molecule has 0 fully saturated rings. The minimum atomic E-state index is 0.538. The third kappa shape index (κ3) is 2.80. The van der Waals surface area contributed by atoms with Crippen molar-refractivity contribution in [2.75, 3.05) is 6.54 Å². The fourth-order valence-electron chi connectivity index (χ4n) is 1.55. The second-order valence-electron chi connectivity index (χ2n) is 3.66. The molecule has 2 N–H and O–H groups in total. The average Bonchev–Trinajstić information content (AvgIpc) is 2.78. The van der Waals surface area contributed by atoms with Crippen molar-refractivity contribution in [3.8, 4) is 11.3 Å². The summed E-state index contributed by atoms with van der Waals surface area (Å²) in [5.74, 6) is 0. The standard InChI is InChI=1S/C12H13Cl2N3/c1-2-15-7-8-6-11(17-16-8)9-4-3-5-10(13)12(9)14/h3-6,15H,2,7H2,1H3,(H,16,17). The molecule has 1 aromatic heterocycles. The van der Waals surface area contributed by atoms with E-state index in [9.17, 15) is 0 Å². The van der Waals surface area contributed by atoms with Gasteiger partial charge in [-0.15, -0.1) is 0 Å². The third-order valence-corrected chi connectivity index (χ3v) is 3.24. The highest BCUT2D eigenvalue weighted by atomic mass is 35.5. The van der Waals surface area contributed by atoms with Crippen LogP contribution >= 0.6 is 23.2 Å². The second-order valence-corrected chi connectivity index (χ2v) is 4.45. The lowest BCUT2D eigenvalue weighted by Crippen LogP contribution is -2.11. The molecule has 3 nitrogen and oxygen atoms in total. The Morgan fingerprint density at radius 2 is 2.18 bits per heavy atom. The number of aromatic amines is 1. The molecular formula is C12H13Cl2N3. The van der Waals surface area contributed by atoms with E-state index in [1.807, 2.05) is 18.2 Å². The van der Waals surface area contributed by atoms with E-state index in [0.29, 0.717) is 10.0 Å². The van der Waals surface area contributed by atoms with Crippen molar-refractivity contribution in [1.29, 1.82) is 0 Å². The molecule has 0 aliphatic rings. The van der Waals surface area contributed by atoms with Crippen molar-refractivity contribution in [2.24, 2.45) is 0 Å². The predicted octanol–water partition coefficient (Wildman–Crippen LogP) is 3.49. The summed E-state index contributed by atoms with van der Waals surface area (Å²) in [5.41, 5.74) is 2.68. The Hall–Kier alpha value is -1.03. The van der Waals surface area contributed by atoms with Gasteiger partial charge < -0.3 is 5.32 Å². The summed E-state index contributed by atoms with van der Waals surface area (Å²) in [6, 6.07) is 7.50. The van der Waals surface area contributed by atoms with Crippen LogP contribution in [0.5, 0.6) is 0 Å². The van der Waals surface area contributed by atoms with Crippen LogP contribution in [0.2, 0.25) is 10.0 Å². The van der Waals surface area contributed by atoms with Crippen molar-refractivity contribution in [1.82, 2.24) is 15.5 Å². The maximum Gasteiger partial charge on any atom is 0.0939 e. The molecule has 0 aliphatic carbocycles. The highest BCUT2D eigenvalue weighted by molar-refractivity contribution is 6.43. The fraction of sp³-hybridized carbons (Fsp3) is 0.250. The molecule has 0 saturated carbocycles. The minimum Gasteiger partial charge on any atom is -0.311 e. The summed E-state index contributed by atoms with van der Waals surface area (Å²) in [7, 11) is 0. The van der Waals surface area contributed by atoms with Crippen molar-refractivity contribution in [3.05, 3.63) is 40.0 Å². The largest absolute Gasteiger partial charge is 0.311 e. The van der Waals surface area contributed by atoms with Crippen molar-refractivity contribution in [2.45, 2.75) is 13.5 Å². The number of rotatable bonds is 4. The zero-order valence-electron chi connectivity index (χ0n) is 9.43. The van der Waals surface area contributed by atoms with Crippen LogP contribution in [0.15, 0.2) is 24.3 Å². The molecule has 0 bridgehead atoms. The molecule has 2 aromatic rings. The van der Waals surface area contributed by atoms with Gasteiger partial charge in [0.1, 0.15) is 0 Å². The topological polar surface area (TPSA) is 40.7 Å². The predicted molar refractivity (Wildman–Crippen MR) is 71.4 cm³/mol. The molecule has 90 valence electrons. The molecule has 5 heteroatoms. The average molecular weight is 270 g/mol. The first kappa shape index (κ1) is 12.4. The van der Waals surface area contributed by atoms with E-state index in [4.69, 9.17) is 23.2 Å². The molecule has 0 spiro atoms. The van der Waals surface area contributed by atoms with Gasteiger partial charge in [-0.2, -0.15) is 5.10 Å². The van der Waals surface area contributed by atoms with Crippen LogP contribution in [0.3, 0.4) is 0 Å². The monoisotopic (exact) mass is 269 g/mol. The van der Waals surface area contributed by atoms with E-state index in [0.717, 1.165) is 30.0 Å². The van der Waals surface area contributed by atoms with Crippen LogP contribution in [0.25, 0.3) is 11.3 Å². The van der Waals surface area contributed by atoms with Crippen molar-refractivity contribution in [3.63, 3.8) is 0 Å². The molecule has 0 unspecified atom stereocenters. The third-order valence-electron chi connectivity index (χ3n) is 2.42. The SMILES string of the molecule is CCNCc1cc(-c2cccc(Cl)c2Cl)n[nH]1. The summed E-state index contributed by atoms with van der Waals surface area (Å²) in [6.07, 6.45) is 0. The van der Waals surface area contributed by atoms with Crippen LogP contribution in [-0.2, 0) is 6.54 Å². The maximum atomic E-state index is 6.14. The highest BCUT2D eigenvalue weighted by Crippen LogP contribution is 2.32. The number of hydrogen-bond acceptors (Lipinski definition) is 2. The quantitative estimate of drug-likeness (QED) is 0.892. The van der Waals surface area contributed by atoms with Crippen LogP contribution in [-0.4, -0.2) is 16.7 Å². The van der Waals surface area contributed by atoms with E-state index in [1.165, 1.54) is 0 Å². The van der Waals surface area contributed by atoms with Gasteiger partial charge in [-0.1, -0.05) is 42.3 Å². The lowest BCUT2D eigenvalue weighted by Gasteiger charge is -2.01. The number of halogens is 2. The van der Waals surface area contributed by atoms with Gasteiger partial charge in [-0.25, -0.2) is 0 Å². The Balaban J connectivity index is 2.27. The first-order chi connectivity index (χ1) is 8.22. The Kier molecular flexibility index (Phi) is 4.05. The number of nitrogens with one attached hydrogen (secondary N) is 2. The lowest BCUT2D eigenvalue weighted by atomic mass is 10.1. The molecule has 0 saturated heterocycles. The maximum absolute atomic E-state index is 6.14. The number of H-pyrrole nitrogens is 1. The Bertz CT molecular complexity index is 508. The molecule has 1 heterocycles. The molecule has 0 atom stereocenters. The van der Waals surface area contributed by atoms with Gasteiger partial charge in [0.2, 0.25) is 0 Å². The van der Waals surface area contributed by atoms with Gasteiger partial charge in [-0.05, 0) is 18.7 Å². The van der Waals surface area contributed by atoms with Gasteiger partial charge >= 0.3 is 0 Å². The van der Waals surface area contributed by atoms with Crippen LogP contribution in [0.4, 0.5) is 0 Å². The first-order valence-corrected chi connectivity index (χ1v) is 6.17. The fourth-order valence-corrected chi connectivity index (χ4v) is 1.95. The molecule has 0 radical (unpaired) electrons. The zero-order chi connectivity index (χ0) is 12.3. The lowest BCUT2D eigenvalue weighted by molar-refractivity contribution is 0.707. The van der Waals surface area contributed by atoms with E-state index < -0.39 is 0 Å². The first-order valence-electron chi connectivity index (χ1n) is 5.41. The van der Waals surface area contributed by atoms with Crippen molar-refractivity contribution < 1.29 is 0 Å². The number of benzene rings is 1. The van der Waals surface area contributed by atoms with E-state index in [-0.39, 0.29) is 0 Å². The summed E-state index contributed by atoms with van der Waals surface area (Å²) in [6.45, 7) is 3.75. The van der Waals surface area contributed by atoms with Gasteiger partial charge in [0.05, 0.1) is 15.7 Å². The molecule has 1 aromatic carbocycles. The van der Waals surface area contributed by atoms with E-state index in [1.54, 1.807) is 6.07 Å². The summed E-state index contributed by atoms with van der Waals surface area (Å²) < 4.78 is 0. The Morgan fingerprint density at radius 3 is 2.94 bits per heavy atom. The highest BCUT2D eigenvalue weighted by Gasteiger charge is 2.09. The van der Waals surface area contributed by atoms with Crippen LogP contribution in [0.1, 0.15) is 12.6 Å². The van der Waals surface area contributed by atoms with Gasteiger partial charge in [0, 0.05) is 17.8 Å². The second kappa shape index (κ2) is 5.54. The molecule has 0 aliphatic heterocycles. The summed E-state index contributed by atoms with van der Waals surface area (Å²) in [4.78, 5) is 0. The number of hydrogen-bond donors (Lipinski definition) is 2. The van der Waals surface area contributed by atoms with Gasteiger partial charge in [0.25, 0.3) is 0 Å². The molecule has 0 amide bonds. The molecular weight excluding hydrogens is 257 g/mol. The zero-order valence-corrected chi connectivity index (χ0v) is 10.9. The van der Waals surface area contributed by atoms with Gasteiger partial charge in [0.15, 0.2) is 0 Å².